The highest BCUT2D eigenvalue weighted by molar-refractivity contribution is 5.80. The van der Waals surface area contributed by atoms with Crippen molar-refractivity contribution in [1.82, 2.24) is 10.6 Å². The summed E-state index contributed by atoms with van der Waals surface area (Å²) in [6, 6.07) is 15.9. The van der Waals surface area contributed by atoms with Crippen LogP contribution in [0, 0.1) is 5.92 Å². The molecule has 0 bridgehead atoms. The number of aliphatic carboxylic acids is 1. The van der Waals surface area contributed by atoms with Crippen molar-refractivity contribution in [1.29, 1.82) is 0 Å². The summed E-state index contributed by atoms with van der Waals surface area (Å²) in [5, 5.41) is 14.8. The second kappa shape index (κ2) is 10.7. The van der Waals surface area contributed by atoms with Crippen LogP contribution in [-0.2, 0) is 14.3 Å². The fourth-order valence-electron chi connectivity index (χ4n) is 5.19. The third kappa shape index (κ3) is 5.41. The van der Waals surface area contributed by atoms with Crippen LogP contribution in [-0.4, -0.2) is 41.8 Å². The first kappa shape index (κ1) is 23.8. The van der Waals surface area contributed by atoms with Crippen LogP contribution >= 0.6 is 0 Å². The number of benzene rings is 2. The van der Waals surface area contributed by atoms with Gasteiger partial charge in [-0.25, -0.2) is 4.79 Å². The van der Waals surface area contributed by atoms with E-state index in [-0.39, 0.29) is 42.9 Å². The molecule has 0 heterocycles. The number of carbonyl (C=O) groups excluding carboxylic acids is 2. The van der Waals surface area contributed by atoms with E-state index in [0.29, 0.717) is 12.8 Å². The lowest BCUT2D eigenvalue weighted by molar-refractivity contribution is -0.138. The number of hydrogen-bond donors (Lipinski definition) is 3. The zero-order valence-electron chi connectivity index (χ0n) is 19.5. The van der Waals surface area contributed by atoms with Gasteiger partial charge in [0.1, 0.15) is 6.61 Å². The molecule has 2 aliphatic carbocycles. The topological polar surface area (TPSA) is 105 Å². The molecule has 34 heavy (non-hydrogen) atoms. The lowest BCUT2D eigenvalue weighted by Crippen LogP contribution is -2.45. The first-order chi connectivity index (χ1) is 16.5. The summed E-state index contributed by atoms with van der Waals surface area (Å²) in [7, 11) is 0. The van der Waals surface area contributed by atoms with Crippen LogP contribution in [0.1, 0.15) is 62.5 Å². The maximum absolute atomic E-state index is 12.7. The molecule has 3 N–H and O–H groups in total. The smallest absolute Gasteiger partial charge is 0.407 e. The summed E-state index contributed by atoms with van der Waals surface area (Å²) in [6.07, 6.45) is 2.88. The van der Waals surface area contributed by atoms with Gasteiger partial charge in [-0.2, -0.15) is 0 Å². The zero-order valence-corrected chi connectivity index (χ0v) is 19.5. The standard InChI is InChI=1S/C27H32N2O5/c1-2-18(15-25(30)31)28-26(32)17-8-7-9-19(14-17)29-27(33)34-16-24-22-12-5-3-10-20(22)21-11-4-6-13-23(21)24/h3-6,10-13,17-19,24H,2,7-9,14-16H2,1H3,(H,28,32)(H,29,33)(H,30,31)/t17-,18?,19-/m1/s1. The predicted molar refractivity (Wildman–Crippen MR) is 128 cm³/mol. The highest BCUT2D eigenvalue weighted by atomic mass is 16.5. The minimum atomic E-state index is -0.925. The van der Waals surface area contributed by atoms with Crippen LogP contribution in [0.5, 0.6) is 0 Å². The Morgan fingerprint density at radius 3 is 2.29 bits per heavy atom. The number of carboxylic acid groups (broad SMARTS) is 1. The molecule has 0 spiro atoms. The van der Waals surface area contributed by atoms with Crippen LogP contribution in [0.4, 0.5) is 4.79 Å². The van der Waals surface area contributed by atoms with Gasteiger partial charge in [0.2, 0.25) is 5.91 Å². The summed E-state index contributed by atoms with van der Waals surface area (Å²) in [5.74, 6) is -1.29. The maximum atomic E-state index is 12.7. The largest absolute Gasteiger partial charge is 0.481 e. The molecule has 4 rings (SSSR count). The van der Waals surface area contributed by atoms with Crippen molar-refractivity contribution in [2.24, 2.45) is 5.92 Å². The minimum absolute atomic E-state index is 0.00300. The van der Waals surface area contributed by atoms with E-state index in [1.54, 1.807) is 0 Å². The van der Waals surface area contributed by atoms with Gasteiger partial charge in [-0.05, 0) is 47.9 Å². The fourth-order valence-corrected chi connectivity index (χ4v) is 5.19. The Morgan fingerprint density at radius 2 is 1.68 bits per heavy atom. The quantitative estimate of drug-likeness (QED) is 0.535. The summed E-state index contributed by atoms with van der Waals surface area (Å²) in [4.78, 5) is 36.3. The Labute approximate surface area is 199 Å². The molecule has 0 saturated heterocycles. The Bertz CT molecular complexity index is 1010. The van der Waals surface area contributed by atoms with Gasteiger partial charge in [0.05, 0.1) is 6.42 Å². The van der Waals surface area contributed by atoms with Crippen molar-refractivity contribution < 1.29 is 24.2 Å². The molecule has 2 aromatic rings. The lowest BCUT2D eigenvalue weighted by Gasteiger charge is -2.30. The van der Waals surface area contributed by atoms with E-state index in [2.05, 4.69) is 34.9 Å². The Balaban J connectivity index is 1.31. The number of carbonyl (C=O) groups is 3. The molecule has 1 unspecified atom stereocenters. The number of ether oxygens (including phenoxy) is 1. The van der Waals surface area contributed by atoms with Gasteiger partial charge in [0, 0.05) is 23.9 Å². The van der Waals surface area contributed by atoms with Crippen molar-refractivity contribution in [3.8, 4) is 11.1 Å². The fraction of sp³-hybridized carbons (Fsp3) is 0.444. The first-order valence-electron chi connectivity index (χ1n) is 12.1. The predicted octanol–water partition coefficient (Wildman–Crippen LogP) is 4.45. The Kier molecular flexibility index (Phi) is 7.50. The third-order valence-electron chi connectivity index (χ3n) is 6.97. The van der Waals surface area contributed by atoms with Gasteiger partial charge >= 0.3 is 12.1 Å². The highest BCUT2D eigenvalue weighted by Crippen LogP contribution is 2.44. The number of alkyl carbamates (subject to hydrolysis) is 1. The first-order valence-corrected chi connectivity index (χ1v) is 12.1. The Hall–Kier alpha value is -3.35. The van der Waals surface area contributed by atoms with Gasteiger partial charge in [0.15, 0.2) is 0 Å². The minimum Gasteiger partial charge on any atom is -0.481 e. The molecular weight excluding hydrogens is 432 g/mol. The van der Waals surface area contributed by atoms with Gasteiger partial charge in [-0.15, -0.1) is 0 Å². The molecule has 3 atom stereocenters. The van der Waals surface area contributed by atoms with Crippen LogP contribution < -0.4 is 10.6 Å². The number of amides is 2. The van der Waals surface area contributed by atoms with Crippen molar-refractivity contribution in [2.75, 3.05) is 6.61 Å². The van der Waals surface area contributed by atoms with E-state index in [0.717, 1.165) is 30.4 Å². The van der Waals surface area contributed by atoms with E-state index in [4.69, 9.17) is 9.84 Å². The molecule has 0 aliphatic heterocycles. The molecule has 2 aromatic carbocycles. The molecule has 0 aromatic heterocycles. The molecule has 7 heteroatoms. The van der Waals surface area contributed by atoms with Crippen LogP contribution in [0.2, 0.25) is 0 Å². The lowest BCUT2D eigenvalue weighted by atomic mass is 9.85. The van der Waals surface area contributed by atoms with Crippen LogP contribution in [0.15, 0.2) is 48.5 Å². The SMILES string of the molecule is CCC(CC(=O)O)NC(=O)[C@@H]1CCC[C@@H](NC(=O)OCC2c3ccccc3-c3ccccc32)C1. The molecule has 180 valence electrons. The second-order valence-corrected chi connectivity index (χ2v) is 9.24. The van der Waals surface area contributed by atoms with E-state index in [9.17, 15) is 14.4 Å². The van der Waals surface area contributed by atoms with Crippen molar-refractivity contribution in [2.45, 2.75) is 63.5 Å². The number of rotatable bonds is 8. The van der Waals surface area contributed by atoms with Gasteiger partial charge in [0.25, 0.3) is 0 Å². The number of nitrogens with one attached hydrogen (secondary N) is 2. The number of fused-ring (bicyclic) bond motifs is 3. The van der Waals surface area contributed by atoms with Gasteiger partial charge in [-0.1, -0.05) is 61.9 Å². The van der Waals surface area contributed by atoms with Crippen molar-refractivity contribution >= 4 is 18.0 Å². The van der Waals surface area contributed by atoms with E-state index in [1.165, 1.54) is 11.1 Å². The van der Waals surface area contributed by atoms with Gasteiger partial charge in [-0.3, -0.25) is 9.59 Å². The second-order valence-electron chi connectivity index (χ2n) is 9.24. The van der Waals surface area contributed by atoms with Crippen LogP contribution in [0.3, 0.4) is 0 Å². The molecule has 2 amide bonds. The number of carboxylic acids is 1. The summed E-state index contributed by atoms with van der Waals surface area (Å²) in [6.45, 7) is 2.11. The van der Waals surface area contributed by atoms with E-state index >= 15 is 0 Å². The molecule has 1 saturated carbocycles. The van der Waals surface area contributed by atoms with Gasteiger partial charge < -0.3 is 20.5 Å². The molecule has 0 radical (unpaired) electrons. The Morgan fingerprint density at radius 1 is 1.03 bits per heavy atom. The average Bonchev–Trinajstić information content (AvgIpc) is 3.16. The normalized spacial score (nSPS) is 20.0. The highest BCUT2D eigenvalue weighted by Gasteiger charge is 2.31. The summed E-state index contributed by atoms with van der Waals surface area (Å²) >= 11 is 0. The molecule has 2 aliphatic rings. The molecule has 1 fully saturated rings. The monoisotopic (exact) mass is 464 g/mol. The molecular formula is C27H32N2O5. The van der Waals surface area contributed by atoms with Crippen molar-refractivity contribution in [3.63, 3.8) is 0 Å². The van der Waals surface area contributed by atoms with E-state index in [1.807, 2.05) is 31.2 Å². The molecule has 7 nitrogen and oxygen atoms in total. The van der Waals surface area contributed by atoms with Crippen molar-refractivity contribution in [3.05, 3.63) is 59.7 Å². The summed E-state index contributed by atoms with van der Waals surface area (Å²) in [5.41, 5.74) is 4.69. The third-order valence-corrected chi connectivity index (χ3v) is 6.97. The summed E-state index contributed by atoms with van der Waals surface area (Å²) < 4.78 is 5.65. The number of hydrogen-bond acceptors (Lipinski definition) is 4. The van der Waals surface area contributed by atoms with E-state index < -0.39 is 12.1 Å². The average molecular weight is 465 g/mol. The maximum Gasteiger partial charge on any atom is 0.407 e. The zero-order chi connectivity index (χ0) is 24.1. The van der Waals surface area contributed by atoms with Crippen LogP contribution in [0.25, 0.3) is 11.1 Å².